The van der Waals surface area contributed by atoms with Crippen molar-refractivity contribution in [2.24, 2.45) is 11.8 Å². The number of anilines is 1. The molecule has 2 saturated carbocycles. The van der Waals surface area contributed by atoms with Crippen LogP contribution in [0.15, 0.2) is 30.6 Å². The summed E-state index contributed by atoms with van der Waals surface area (Å²) >= 11 is 0. The Hall–Kier alpha value is -2.19. The van der Waals surface area contributed by atoms with Gasteiger partial charge in [0.15, 0.2) is 0 Å². The molecule has 2 aliphatic carbocycles. The minimum atomic E-state index is -3.60. The number of ether oxygens (including phenoxy) is 2. The molecule has 49 heavy (non-hydrogen) atoms. The van der Waals surface area contributed by atoms with E-state index in [4.69, 9.17) is 14.5 Å². The average molecular weight is 696 g/mol. The van der Waals surface area contributed by atoms with E-state index in [0.717, 1.165) is 50.3 Å². The molecule has 0 spiro atoms. The molecule has 2 aromatic rings. The number of nitrogens with one attached hydrogen (secondary N) is 3. The maximum atomic E-state index is 14.0. The standard InChI is InChI=1S/C37H57N7O4S/c1-24(2)33-12-7-15-44(33)34-19-38-18-28(39-34)21-43-20-27-10-6-11-31(16-27)49(45,46)42-37-40-32(36-25(3)8-5-9-26(36)4)17-35(41-37)48-23-29(43)22-47-30-13-14-30/h5,8-9,18-19,24,27,29-33,35,37,40-42H,6-7,10-17,20-23H2,1-4H3/t27?,29-,31?,32?,33+,35?,37?/m1/s1. The maximum Gasteiger partial charge on any atom is 0.216 e. The zero-order valence-corrected chi connectivity index (χ0v) is 30.6. The van der Waals surface area contributed by atoms with Gasteiger partial charge in [0.25, 0.3) is 0 Å². The molecule has 4 heterocycles. The summed E-state index contributed by atoms with van der Waals surface area (Å²) in [5, 5.41) is 6.61. The highest BCUT2D eigenvalue weighted by Crippen LogP contribution is 2.34. The molecule has 0 radical (unpaired) electrons. The summed E-state index contributed by atoms with van der Waals surface area (Å²) < 4.78 is 44.1. The Balaban J connectivity index is 1.19. The number of hydrogen-bond acceptors (Lipinski definition) is 10. The third-order valence-electron chi connectivity index (χ3n) is 11.5. The van der Waals surface area contributed by atoms with Gasteiger partial charge in [-0.1, -0.05) is 38.5 Å². The average Bonchev–Trinajstić information content (AvgIpc) is 3.76. The first kappa shape index (κ1) is 35.2. The molecular weight excluding hydrogens is 639 g/mol. The molecule has 12 heteroatoms. The number of fused-ring (bicyclic) bond motifs is 4. The van der Waals surface area contributed by atoms with Crippen molar-refractivity contribution >= 4 is 15.8 Å². The summed E-state index contributed by atoms with van der Waals surface area (Å²) in [5.74, 6) is 1.75. The molecule has 7 rings (SSSR count). The highest BCUT2D eigenvalue weighted by molar-refractivity contribution is 7.90. The van der Waals surface area contributed by atoms with Gasteiger partial charge in [0.1, 0.15) is 18.3 Å². The van der Waals surface area contributed by atoms with Crippen molar-refractivity contribution in [2.45, 2.75) is 134 Å². The largest absolute Gasteiger partial charge is 0.377 e. The van der Waals surface area contributed by atoms with Gasteiger partial charge in [0, 0.05) is 44.3 Å². The fourth-order valence-corrected chi connectivity index (χ4v) is 10.4. The highest BCUT2D eigenvalue weighted by Gasteiger charge is 2.39. The van der Waals surface area contributed by atoms with E-state index in [0.29, 0.717) is 57.1 Å². The Bertz CT molecular complexity index is 1520. The zero-order chi connectivity index (χ0) is 34.1. The van der Waals surface area contributed by atoms with Crippen molar-refractivity contribution < 1.29 is 17.9 Å². The van der Waals surface area contributed by atoms with Gasteiger partial charge in [-0.05, 0) is 87.3 Å². The summed E-state index contributed by atoms with van der Waals surface area (Å²) in [7, 11) is -3.60. The second-order valence-electron chi connectivity index (χ2n) is 15.6. The molecule has 5 fully saturated rings. The topological polar surface area (TPSA) is 121 Å². The number of aryl methyl sites for hydroxylation is 2. The summed E-state index contributed by atoms with van der Waals surface area (Å²) in [6.45, 7) is 12.3. The van der Waals surface area contributed by atoms with Gasteiger partial charge in [0.2, 0.25) is 10.0 Å². The Labute approximate surface area is 293 Å². The van der Waals surface area contributed by atoms with Crippen LogP contribution in [0.5, 0.6) is 0 Å². The van der Waals surface area contributed by atoms with E-state index >= 15 is 0 Å². The molecule has 3 saturated heterocycles. The first-order valence-corrected chi connectivity index (χ1v) is 20.3. The van der Waals surface area contributed by atoms with Gasteiger partial charge in [-0.15, -0.1) is 0 Å². The smallest absolute Gasteiger partial charge is 0.216 e. The van der Waals surface area contributed by atoms with Crippen molar-refractivity contribution in [1.29, 1.82) is 0 Å². The molecule has 3 aliphatic heterocycles. The molecule has 1 aromatic carbocycles. The molecule has 1 aromatic heterocycles. The quantitative estimate of drug-likeness (QED) is 0.364. The molecular formula is C37H57N7O4S. The van der Waals surface area contributed by atoms with E-state index in [1.54, 1.807) is 0 Å². The van der Waals surface area contributed by atoms with Crippen LogP contribution in [0, 0.1) is 25.7 Å². The molecule has 3 N–H and O–H groups in total. The van der Waals surface area contributed by atoms with Gasteiger partial charge < -0.3 is 14.4 Å². The van der Waals surface area contributed by atoms with Crippen LogP contribution < -0.4 is 20.3 Å². The van der Waals surface area contributed by atoms with Gasteiger partial charge in [-0.25, -0.2) is 13.4 Å². The van der Waals surface area contributed by atoms with E-state index < -0.39 is 21.6 Å². The van der Waals surface area contributed by atoms with Crippen molar-refractivity contribution in [1.82, 2.24) is 30.2 Å². The van der Waals surface area contributed by atoms with Crippen LogP contribution in [0.2, 0.25) is 0 Å². The minimum Gasteiger partial charge on any atom is -0.377 e. The van der Waals surface area contributed by atoms with Crippen molar-refractivity contribution in [3.8, 4) is 0 Å². The van der Waals surface area contributed by atoms with Crippen LogP contribution >= 0.6 is 0 Å². The number of aromatic nitrogens is 2. The number of rotatable bonds is 8. The lowest BCUT2D eigenvalue weighted by Gasteiger charge is -2.40. The van der Waals surface area contributed by atoms with Crippen LogP contribution in [0.25, 0.3) is 0 Å². The summed E-state index contributed by atoms with van der Waals surface area (Å²) in [6.07, 6.45) is 11.6. The Morgan fingerprint density at radius 3 is 2.61 bits per heavy atom. The van der Waals surface area contributed by atoms with E-state index in [1.807, 2.05) is 12.4 Å². The molecule has 4 bridgehead atoms. The zero-order valence-electron chi connectivity index (χ0n) is 29.8. The fourth-order valence-electron chi connectivity index (χ4n) is 8.73. The van der Waals surface area contributed by atoms with Crippen LogP contribution in [0.3, 0.4) is 0 Å². The first-order valence-electron chi connectivity index (χ1n) is 18.8. The van der Waals surface area contributed by atoms with Crippen molar-refractivity contribution in [3.05, 3.63) is 53.0 Å². The molecule has 5 unspecified atom stereocenters. The summed E-state index contributed by atoms with van der Waals surface area (Å²) in [4.78, 5) is 14.8. The third-order valence-corrected chi connectivity index (χ3v) is 13.3. The van der Waals surface area contributed by atoms with Crippen LogP contribution in [-0.2, 0) is 26.0 Å². The maximum absolute atomic E-state index is 14.0. The first-order chi connectivity index (χ1) is 23.6. The van der Waals surface area contributed by atoms with E-state index in [-0.39, 0.29) is 24.2 Å². The molecule has 5 aliphatic rings. The van der Waals surface area contributed by atoms with E-state index in [1.165, 1.54) is 29.5 Å². The van der Waals surface area contributed by atoms with E-state index in [9.17, 15) is 8.42 Å². The monoisotopic (exact) mass is 695 g/mol. The molecule has 11 nitrogen and oxygen atoms in total. The Morgan fingerprint density at radius 2 is 1.84 bits per heavy atom. The van der Waals surface area contributed by atoms with E-state index in [2.05, 4.69) is 76.0 Å². The minimum absolute atomic E-state index is 0.0132. The number of benzene rings is 1. The molecule has 270 valence electrons. The summed E-state index contributed by atoms with van der Waals surface area (Å²) in [6, 6.07) is 6.72. The van der Waals surface area contributed by atoms with Gasteiger partial charge in [0.05, 0.1) is 42.5 Å². The van der Waals surface area contributed by atoms with Gasteiger partial charge >= 0.3 is 0 Å². The fraction of sp³-hybridized carbons (Fsp3) is 0.730. The highest BCUT2D eigenvalue weighted by atomic mass is 32.2. The second kappa shape index (κ2) is 15.2. The molecule has 0 amide bonds. The van der Waals surface area contributed by atoms with Gasteiger partial charge in [-0.3, -0.25) is 20.5 Å². The lowest BCUT2D eigenvalue weighted by atomic mass is 9.88. The molecule has 7 atom stereocenters. The number of sulfonamides is 1. The van der Waals surface area contributed by atoms with Crippen molar-refractivity contribution in [2.75, 3.05) is 31.2 Å². The van der Waals surface area contributed by atoms with Gasteiger partial charge in [-0.2, -0.15) is 4.72 Å². The van der Waals surface area contributed by atoms with Crippen LogP contribution in [0.1, 0.15) is 100 Å². The lowest BCUT2D eigenvalue weighted by molar-refractivity contribution is -0.0638. The summed E-state index contributed by atoms with van der Waals surface area (Å²) in [5.41, 5.74) is 4.51. The SMILES string of the molecule is Cc1cccc(C)c1C1CC2NC(N1)NS(=O)(=O)C1CCCC(C1)CN(Cc1cncc(N3CCC[C@H]3C(C)C)n1)[C@H](COC1CC1)CO2. The van der Waals surface area contributed by atoms with Crippen molar-refractivity contribution in [3.63, 3.8) is 0 Å². The predicted octanol–water partition coefficient (Wildman–Crippen LogP) is 4.51. The predicted molar refractivity (Wildman–Crippen MR) is 191 cm³/mol. The second-order valence-corrected chi connectivity index (χ2v) is 17.6. The Morgan fingerprint density at radius 1 is 1.02 bits per heavy atom. The van der Waals surface area contributed by atoms with Crippen LogP contribution in [-0.4, -0.2) is 85.5 Å². The lowest BCUT2D eigenvalue weighted by Crippen LogP contribution is -2.64. The van der Waals surface area contributed by atoms with Crippen LogP contribution in [0.4, 0.5) is 5.82 Å². The number of hydrogen-bond donors (Lipinski definition) is 3. The third kappa shape index (κ3) is 8.48. The normalized spacial score (nSPS) is 32.8. The Kier molecular flexibility index (Phi) is 10.9. The number of nitrogens with zero attached hydrogens (tertiary/aromatic N) is 4.